The highest BCUT2D eigenvalue weighted by atomic mass is 16.7. The largest absolute Gasteiger partial charge is 0.371 e. The molecule has 1 heterocycles. The van der Waals surface area contributed by atoms with Gasteiger partial charge in [0.05, 0.1) is 4.92 Å². The molecule has 0 aromatic heterocycles. The van der Waals surface area contributed by atoms with E-state index in [4.69, 9.17) is 4.84 Å². The van der Waals surface area contributed by atoms with Crippen molar-refractivity contribution in [2.75, 3.05) is 0 Å². The molecule has 0 saturated carbocycles. The van der Waals surface area contributed by atoms with Crippen molar-refractivity contribution in [3.63, 3.8) is 0 Å². The molecule has 0 atom stereocenters. The standard InChI is InChI=1S/C14H11N3O3/c1-9-5-7-10(8-6-9)14-15-11-3-2-4-12(17(18)19)13(11)20-16-14/h2-8H,1H3,(H,15,16). The Balaban J connectivity index is 2.04. The van der Waals surface area contributed by atoms with Crippen molar-refractivity contribution in [1.29, 1.82) is 0 Å². The van der Waals surface area contributed by atoms with Gasteiger partial charge in [0.25, 0.3) is 5.75 Å². The zero-order chi connectivity index (χ0) is 14.1. The fourth-order valence-corrected chi connectivity index (χ4v) is 1.93. The van der Waals surface area contributed by atoms with Gasteiger partial charge in [-0.15, -0.1) is 0 Å². The summed E-state index contributed by atoms with van der Waals surface area (Å²) in [7, 11) is 0. The lowest BCUT2D eigenvalue weighted by molar-refractivity contribution is -0.386. The lowest BCUT2D eigenvalue weighted by Gasteiger charge is -2.17. The van der Waals surface area contributed by atoms with Crippen LogP contribution in [0.15, 0.2) is 47.5 Å². The van der Waals surface area contributed by atoms with Gasteiger partial charge in [0.2, 0.25) is 0 Å². The highest BCUT2D eigenvalue weighted by Crippen LogP contribution is 2.38. The first kappa shape index (κ1) is 12.2. The second kappa shape index (κ2) is 4.65. The Morgan fingerprint density at radius 1 is 1.20 bits per heavy atom. The van der Waals surface area contributed by atoms with E-state index >= 15 is 0 Å². The molecular weight excluding hydrogens is 258 g/mol. The van der Waals surface area contributed by atoms with E-state index in [9.17, 15) is 10.1 Å². The number of nitro groups is 1. The third-order valence-electron chi connectivity index (χ3n) is 2.98. The molecule has 0 radical (unpaired) electrons. The molecule has 1 aliphatic heterocycles. The Bertz CT molecular complexity index is 708. The first-order valence-corrected chi connectivity index (χ1v) is 6.01. The van der Waals surface area contributed by atoms with Crippen LogP contribution in [0.4, 0.5) is 11.4 Å². The van der Waals surface area contributed by atoms with E-state index in [1.165, 1.54) is 6.07 Å². The molecular formula is C14H11N3O3. The van der Waals surface area contributed by atoms with Crippen LogP contribution in [0.2, 0.25) is 0 Å². The van der Waals surface area contributed by atoms with Crippen molar-refractivity contribution >= 4 is 17.2 Å². The molecule has 0 amide bonds. The maximum Gasteiger partial charge on any atom is 0.316 e. The molecule has 0 saturated heterocycles. The molecule has 0 unspecified atom stereocenters. The van der Waals surface area contributed by atoms with E-state index in [-0.39, 0.29) is 11.4 Å². The van der Waals surface area contributed by atoms with Gasteiger partial charge in [-0.05, 0) is 13.0 Å². The number of aliphatic imine (C=N–C) groups is 1. The molecule has 1 aliphatic rings. The fourth-order valence-electron chi connectivity index (χ4n) is 1.93. The van der Waals surface area contributed by atoms with E-state index < -0.39 is 4.92 Å². The number of amidine groups is 1. The summed E-state index contributed by atoms with van der Waals surface area (Å²) in [5, 5.41) is 10.9. The number of para-hydroxylation sites is 1. The molecule has 100 valence electrons. The van der Waals surface area contributed by atoms with Gasteiger partial charge in [-0.1, -0.05) is 35.9 Å². The van der Waals surface area contributed by atoms with Crippen molar-refractivity contribution in [2.24, 2.45) is 4.99 Å². The van der Waals surface area contributed by atoms with Crippen LogP contribution in [-0.2, 0) is 0 Å². The first-order chi connectivity index (χ1) is 9.65. The van der Waals surface area contributed by atoms with E-state index in [0.29, 0.717) is 11.5 Å². The molecule has 3 rings (SSSR count). The lowest BCUT2D eigenvalue weighted by atomic mass is 10.1. The predicted octanol–water partition coefficient (Wildman–Crippen LogP) is 2.88. The van der Waals surface area contributed by atoms with E-state index in [1.54, 1.807) is 12.1 Å². The SMILES string of the molecule is Cc1ccc(C2=Nc3cccc([N+](=O)[O-])c3ON2)cc1. The summed E-state index contributed by atoms with van der Waals surface area (Å²) in [4.78, 5) is 20.1. The number of aryl methyl sites for hydroxylation is 1. The van der Waals surface area contributed by atoms with Crippen LogP contribution in [0.5, 0.6) is 5.75 Å². The number of hydrogen-bond donors (Lipinski definition) is 1. The van der Waals surface area contributed by atoms with Gasteiger partial charge in [-0.25, -0.2) is 10.5 Å². The minimum Gasteiger partial charge on any atom is -0.371 e. The van der Waals surface area contributed by atoms with Crippen LogP contribution in [0.3, 0.4) is 0 Å². The summed E-state index contributed by atoms with van der Waals surface area (Å²) in [6.45, 7) is 2.00. The molecule has 6 heteroatoms. The highest BCUT2D eigenvalue weighted by molar-refractivity contribution is 6.01. The van der Waals surface area contributed by atoms with E-state index in [1.807, 2.05) is 31.2 Å². The number of nitro benzene ring substituents is 1. The molecule has 0 aliphatic carbocycles. The third-order valence-corrected chi connectivity index (χ3v) is 2.98. The highest BCUT2D eigenvalue weighted by Gasteiger charge is 2.24. The third kappa shape index (κ3) is 2.07. The van der Waals surface area contributed by atoms with Gasteiger partial charge < -0.3 is 4.84 Å². The van der Waals surface area contributed by atoms with Crippen molar-refractivity contribution in [3.05, 3.63) is 63.7 Å². The number of nitrogens with zero attached hydrogens (tertiary/aromatic N) is 2. The summed E-state index contributed by atoms with van der Waals surface area (Å²) < 4.78 is 0. The Morgan fingerprint density at radius 3 is 2.65 bits per heavy atom. The molecule has 20 heavy (non-hydrogen) atoms. The number of hydroxylamine groups is 1. The van der Waals surface area contributed by atoms with E-state index in [2.05, 4.69) is 10.5 Å². The summed E-state index contributed by atoms with van der Waals surface area (Å²) in [5.74, 6) is 0.659. The Hall–Kier alpha value is -2.89. The normalized spacial score (nSPS) is 12.8. The number of nitrogens with one attached hydrogen (secondary N) is 1. The van der Waals surface area contributed by atoms with Crippen molar-refractivity contribution in [1.82, 2.24) is 5.48 Å². The Morgan fingerprint density at radius 2 is 1.95 bits per heavy atom. The minimum absolute atomic E-state index is 0.110. The maximum atomic E-state index is 10.9. The van der Waals surface area contributed by atoms with Crippen LogP contribution >= 0.6 is 0 Å². The Kier molecular flexibility index (Phi) is 2.83. The van der Waals surface area contributed by atoms with Gasteiger partial charge in [0.15, 0.2) is 5.84 Å². The van der Waals surface area contributed by atoms with Gasteiger partial charge in [0, 0.05) is 11.6 Å². The molecule has 0 fully saturated rings. The molecule has 2 aromatic carbocycles. The Labute approximate surface area is 114 Å². The molecule has 1 N–H and O–H groups in total. The topological polar surface area (TPSA) is 76.8 Å². The van der Waals surface area contributed by atoms with Crippen molar-refractivity contribution in [3.8, 4) is 5.75 Å². The summed E-state index contributed by atoms with van der Waals surface area (Å²) >= 11 is 0. The van der Waals surface area contributed by atoms with Gasteiger partial charge >= 0.3 is 5.69 Å². The average Bonchev–Trinajstić information content (AvgIpc) is 2.46. The zero-order valence-electron chi connectivity index (χ0n) is 10.7. The molecule has 6 nitrogen and oxygen atoms in total. The van der Waals surface area contributed by atoms with E-state index in [0.717, 1.165) is 11.1 Å². The number of benzene rings is 2. The second-order valence-electron chi connectivity index (χ2n) is 4.41. The molecule has 2 aromatic rings. The second-order valence-corrected chi connectivity index (χ2v) is 4.41. The quantitative estimate of drug-likeness (QED) is 0.671. The molecule has 0 bridgehead atoms. The van der Waals surface area contributed by atoms with Crippen LogP contribution in [0.1, 0.15) is 11.1 Å². The van der Waals surface area contributed by atoms with Gasteiger partial charge in [-0.3, -0.25) is 10.1 Å². The van der Waals surface area contributed by atoms with Gasteiger partial charge in [0.1, 0.15) is 5.69 Å². The van der Waals surface area contributed by atoms with Crippen LogP contribution in [-0.4, -0.2) is 10.8 Å². The van der Waals surface area contributed by atoms with Crippen LogP contribution in [0, 0.1) is 17.0 Å². The number of fused-ring (bicyclic) bond motifs is 1. The average molecular weight is 269 g/mol. The number of hydrogen-bond acceptors (Lipinski definition) is 5. The van der Waals surface area contributed by atoms with Crippen molar-refractivity contribution < 1.29 is 9.76 Å². The summed E-state index contributed by atoms with van der Waals surface area (Å²) in [6.07, 6.45) is 0. The minimum atomic E-state index is -0.493. The summed E-state index contributed by atoms with van der Waals surface area (Å²) in [6, 6.07) is 12.4. The number of rotatable bonds is 2. The zero-order valence-corrected chi connectivity index (χ0v) is 10.7. The monoisotopic (exact) mass is 269 g/mol. The van der Waals surface area contributed by atoms with Crippen molar-refractivity contribution in [2.45, 2.75) is 6.92 Å². The smallest absolute Gasteiger partial charge is 0.316 e. The van der Waals surface area contributed by atoms with Crippen LogP contribution < -0.4 is 10.3 Å². The predicted molar refractivity (Wildman–Crippen MR) is 74.2 cm³/mol. The fraction of sp³-hybridized carbons (Fsp3) is 0.0714. The lowest BCUT2D eigenvalue weighted by Crippen LogP contribution is -2.30. The van der Waals surface area contributed by atoms with Crippen LogP contribution in [0.25, 0.3) is 0 Å². The maximum absolute atomic E-state index is 10.9. The summed E-state index contributed by atoms with van der Waals surface area (Å²) in [5.41, 5.74) is 4.98. The first-order valence-electron chi connectivity index (χ1n) is 6.01. The van der Waals surface area contributed by atoms with Gasteiger partial charge in [-0.2, -0.15) is 0 Å². The molecule has 0 spiro atoms.